The van der Waals surface area contributed by atoms with Crippen LogP contribution >= 0.6 is 0 Å². The van der Waals surface area contributed by atoms with E-state index in [4.69, 9.17) is 29.2 Å². The lowest BCUT2D eigenvalue weighted by Gasteiger charge is -2.29. The SMILES string of the molecule is C=C(CO)C(=O)OCOc1ccc(-c2ccc(-c3ccc(C4CCC(CCCCC(F)(F)F)CC4)cc3)c(CC)c2)cc1OCOC(=O)C(=C)CO. The molecule has 1 saturated carbocycles. The van der Waals surface area contributed by atoms with Crippen molar-refractivity contribution in [3.63, 3.8) is 0 Å². The lowest BCUT2D eigenvalue weighted by Crippen LogP contribution is -2.15. The molecule has 0 unspecified atom stereocenters. The Labute approximate surface area is 302 Å². The second-order valence-electron chi connectivity index (χ2n) is 13.0. The molecule has 1 aliphatic rings. The van der Waals surface area contributed by atoms with Crippen LogP contribution in [0.1, 0.15) is 75.3 Å². The van der Waals surface area contributed by atoms with Gasteiger partial charge in [-0.2, -0.15) is 13.2 Å². The molecule has 0 aromatic heterocycles. The van der Waals surface area contributed by atoms with Crippen LogP contribution in [0.25, 0.3) is 22.3 Å². The molecular weight excluding hydrogens is 677 g/mol. The number of aliphatic hydroxyl groups excluding tert-OH is 2. The highest BCUT2D eigenvalue weighted by atomic mass is 19.4. The maximum absolute atomic E-state index is 12.5. The van der Waals surface area contributed by atoms with Crippen LogP contribution in [0.15, 0.2) is 85.0 Å². The van der Waals surface area contributed by atoms with Gasteiger partial charge in [-0.25, -0.2) is 9.59 Å². The maximum atomic E-state index is 12.5. The third-order valence-corrected chi connectivity index (χ3v) is 9.39. The smallest absolute Gasteiger partial charge is 0.389 e. The van der Waals surface area contributed by atoms with Crippen molar-refractivity contribution in [1.29, 1.82) is 0 Å². The monoisotopic (exact) mass is 724 g/mol. The molecule has 0 saturated heterocycles. The fraction of sp³-hybridized carbons (Fsp3) is 0.415. The summed E-state index contributed by atoms with van der Waals surface area (Å²) in [5, 5.41) is 18.2. The highest BCUT2D eigenvalue weighted by Crippen LogP contribution is 2.40. The van der Waals surface area contributed by atoms with E-state index in [1.807, 2.05) is 12.1 Å². The molecule has 1 aliphatic carbocycles. The van der Waals surface area contributed by atoms with Gasteiger partial charge in [-0.05, 0) is 95.9 Å². The number of ether oxygens (including phenoxy) is 4. The Morgan fingerprint density at radius 1 is 0.750 bits per heavy atom. The van der Waals surface area contributed by atoms with Crippen molar-refractivity contribution in [2.24, 2.45) is 5.92 Å². The molecule has 2 N–H and O–H groups in total. The molecule has 8 nitrogen and oxygen atoms in total. The number of aryl methyl sites for hydroxylation is 1. The minimum absolute atomic E-state index is 0.129. The number of alkyl halides is 3. The van der Waals surface area contributed by atoms with E-state index >= 15 is 0 Å². The van der Waals surface area contributed by atoms with Crippen LogP contribution < -0.4 is 9.47 Å². The molecule has 4 rings (SSSR count). The number of aliphatic hydroxyl groups is 2. The highest BCUT2D eigenvalue weighted by molar-refractivity contribution is 5.88. The quantitative estimate of drug-likeness (QED) is 0.0580. The minimum atomic E-state index is -4.06. The van der Waals surface area contributed by atoms with E-state index in [9.17, 15) is 22.8 Å². The molecule has 1 fully saturated rings. The van der Waals surface area contributed by atoms with Crippen LogP contribution in [-0.4, -0.2) is 55.1 Å². The van der Waals surface area contributed by atoms with Crippen molar-refractivity contribution in [3.8, 4) is 33.8 Å². The number of halogens is 3. The number of carbonyl (C=O) groups is 2. The predicted molar refractivity (Wildman–Crippen MR) is 192 cm³/mol. The molecule has 3 aromatic carbocycles. The van der Waals surface area contributed by atoms with Gasteiger partial charge in [0.1, 0.15) is 0 Å². The summed E-state index contributed by atoms with van der Waals surface area (Å²) in [5.74, 6) is -0.270. The maximum Gasteiger partial charge on any atom is 0.389 e. The first-order valence-corrected chi connectivity index (χ1v) is 17.5. The van der Waals surface area contributed by atoms with Crippen molar-refractivity contribution in [3.05, 3.63) is 96.1 Å². The summed E-state index contributed by atoms with van der Waals surface area (Å²) >= 11 is 0. The van der Waals surface area contributed by atoms with Gasteiger partial charge in [0.15, 0.2) is 11.5 Å². The van der Waals surface area contributed by atoms with Crippen LogP contribution in [0.4, 0.5) is 13.2 Å². The number of benzene rings is 3. The topological polar surface area (TPSA) is 112 Å². The van der Waals surface area contributed by atoms with Gasteiger partial charge in [0, 0.05) is 6.42 Å². The number of carbonyl (C=O) groups excluding carboxylic acids is 2. The fourth-order valence-electron chi connectivity index (χ4n) is 6.37. The number of esters is 2. The van der Waals surface area contributed by atoms with E-state index in [2.05, 4.69) is 56.5 Å². The third-order valence-electron chi connectivity index (χ3n) is 9.39. The molecule has 280 valence electrons. The van der Waals surface area contributed by atoms with E-state index in [1.165, 1.54) is 5.56 Å². The first-order chi connectivity index (χ1) is 24.9. The van der Waals surface area contributed by atoms with Crippen LogP contribution in [0, 0.1) is 5.92 Å². The lowest BCUT2D eigenvalue weighted by molar-refractivity contribution is -0.147. The number of hydrogen-bond acceptors (Lipinski definition) is 8. The molecule has 0 radical (unpaired) electrons. The summed E-state index contributed by atoms with van der Waals surface area (Å²) < 4.78 is 58.7. The number of rotatable bonds is 18. The number of hydrogen-bond donors (Lipinski definition) is 2. The second-order valence-corrected chi connectivity index (χ2v) is 13.0. The summed E-state index contributed by atoms with van der Waals surface area (Å²) in [6.45, 7) is 6.84. The largest absolute Gasteiger partial charge is 0.453 e. The molecule has 0 aliphatic heterocycles. The Kier molecular flexibility index (Phi) is 14.9. The fourth-order valence-corrected chi connectivity index (χ4v) is 6.37. The first kappa shape index (κ1) is 40.2. The van der Waals surface area contributed by atoms with Crippen molar-refractivity contribution >= 4 is 11.9 Å². The highest BCUT2D eigenvalue weighted by Gasteiger charge is 2.27. The van der Waals surface area contributed by atoms with Crippen LogP contribution in [-0.2, 0) is 25.5 Å². The van der Waals surface area contributed by atoms with Gasteiger partial charge in [0.25, 0.3) is 0 Å². The van der Waals surface area contributed by atoms with Crippen LogP contribution in [0.5, 0.6) is 11.5 Å². The summed E-state index contributed by atoms with van der Waals surface area (Å²) in [7, 11) is 0. The van der Waals surface area contributed by atoms with E-state index in [0.717, 1.165) is 66.3 Å². The molecule has 0 bridgehead atoms. The van der Waals surface area contributed by atoms with E-state index in [0.29, 0.717) is 18.3 Å². The van der Waals surface area contributed by atoms with Crippen molar-refractivity contribution < 1.29 is 51.9 Å². The summed E-state index contributed by atoms with van der Waals surface area (Å²) in [5.41, 5.74) is 6.06. The Balaban J connectivity index is 1.44. The standard InChI is InChI=1S/C41H47F3O8/c1-4-30-21-34(35-17-19-37(49-25-51-39(47)27(2)23-45)38(22-35)50-26-52-40(48)28(3)24-46)16-18-36(30)33-14-12-32(13-15-33)31-10-8-29(9-11-31)7-5-6-20-41(42,43)44/h12-19,21-22,29,31,45-46H,2-11,20,23-26H2,1H3. The molecular formula is C41H47F3O8. The Morgan fingerprint density at radius 3 is 1.88 bits per heavy atom. The Morgan fingerprint density at radius 2 is 1.31 bits per heavy atom. The molecule has 0 amide bonds. The van der Waals surface area contributed by atoms with Crippen LogP contribution in [0.2, 0.25) is 0 Å². The molecule has 0 heterocycles. The Hall–Kier alpha value is -4.61. The zero-order chi connectivity index (χ0) is 37.7. The van der Waals surface area contributed by atoms with E-state index in [1.54, 1.807) is 12.1 Å². The zero-order valence-electron chi connectivity index (χ0n) is 29.5. The molecule has 52 heavy (non-hydrogen) atoms. The average Bonchev–Trinajstić information content (AvgIpc) is 3.15. The van der Waals surface area contributed by atoms with Crippen LogP contribution in [0.3, 0.4) is 0 Å². The predicted octanol–water partition coefficient (Wildman–Crippen LogP) is 8.84. The van der Waals surface area contributed by atoms with Crippen molar-refractivity contribution in [2.75, 3.05) is 26.8 Å². The molecule has 11 heteroatoms. The summed E-state index contributed by atoms with van der Waals surface area (Å²) in [4.78, 5) is 23.8. The minimum Gasteiger partial charge on any atom is -0.453 e. The van der Waals surface area contributed by atoms with Gasteiger partial charge in [-0.15, -0.1) is 0 Å². The van der Waals surface area contributed by atoms with Gasteiger partial charge in [-0.1, -0.05) is 81.5 Å². The lowest BCUT2D eigenvalue weighted by atomic mass is 9.77. The molecule has 0 atom stereocenters. The zero-order valence-corrected chi connectivity index (χ0v) is 29.5. The van der Waals surface area contributed by atoms with Gasteiger partial charge >= 0.3 is 18.1 Å². The number of unbranched alkanes of at least 4 members (excludes halogenated alkanes) is 1. The summed E-state index contributed by atoms with van der Waals surface area (Å²) in [6, 6.07) is 20.0. The molecule has 0 spiro atoms. The average molecular weight is 725 g/mol. The van der Waals surface area contributed by atoms with Gasteiger partial charge in [-0.3, -0.25) is 0 Å². The van der Waals surface area contributed by atoms with Crippen molar-refractivity contribution in [2.45, 2.75) is 76.8 Å². The van der Waals surface area contributed by atoms with E-state index in [-0.39, 0.29) is 29.1 Å². The van der Waals surface area contributed by atoms with Gasteiger partial charge in [0.05, 0.1) is 24.4 Å². The summed E-state index contributed by atoms with van der Waals surface area (Å²) in [6.07, 6.45) is 1.97. The Bertz CT molecular complexity index is 1670. The third kappa shape index (κ3) is 11.7. The first-order valence-electron chi connectivity index (χ1n) is 17.5. The van der Waals surface area contributed by atoms with Gasteiger partial charge in [0.2, 0.25) is 13.6 Å². The second kappa shape index (κ2) is 19.3. The van der Waals surface area contributed by atoms with Crippen molar-refractivity contribution in [1.82, 2.24) is 0 Å². The normalized spacial score (nSPS) is 15.8. The molecule has 3 aromatic rings. The van der Waals surface area contributed by atoms with E-state index < -0.39 is 51.3 Å². The van der Waals surface area contributed by atoms with Gasteiger partial charge < -0.3 is 29.2 Å².